The zero-order chi connectivity index (χ0) is 19.2. The number of esters is 1. The van der Waals surface area contributed by atoms with Crippen LogP contribution in [0.25, 0.3) is 0 Å². The first-order valence-electron chi connectivity index (χ1n) is 7.68. The number of nitrogens with zero attached hydrogens (tertiary/aromatic N) is 4. The van der Waals surface area contributed by atoms with Crippen LogP contribution >= 0.6 is 0 Å². The van der Waals surface area contributed by atoms with Gasteiger partial charge in [-0.2, -0.15) is 5.10 Å². The van der Waals surface area contributed by atoms with Gasteiger partial charge in [-0.1, -0.05) is 19.0 Å². The van der Waals surface area contributed by atoms with E-state index in [1.165, 1.54) is 21.3 Å². The van der Waals surface area contributed by atoms with E-state index in [1.54, 1.807) is 23.0 Å². The molecule has 0 bridgehead atoms. The van der Waals surface area contributed by atoms with Crippen LogP contribution in [-0.4, -0.2) is 47.8 Å². The van der Waals surface area contributed by atoms with Crippen molar-refractivity contribution in [3.63, 3.8) is 0 Å². The molecule has 0 aromatic carbocycles. The Labute approximate surface area is 148 Å². The summed E-state index contributed by atoms with van der Waals surface area (Å²) < 4.78 is 11.5. The lowest BCUT2D eigenvalue weighted by atomic mass is 10.1. The van der Waals surface area contributed by atoms with Gasteiger partial charge in [-0.3, -0.25) is 4.68 Å². The number of hydrogen-bond donors (Lipinski definition) is 0. The average Bonchev–Trinajstić information content (AvgIpc) is 3.12. The Bertz CT molecular complexity index is 655. The minimum absolute atomic E-state index is 0.0133. The number of oxime groups is 1. The maximum atomic E-state index is 11.5. The zero-order valence-electron chi connectivity index (χ0n) is 15.8. The van der Waals surface area contributed by atoms with E-state index in [1.807, 2.05) is 40.1 Å². The molecule has 138 valence electrons. The number of rotatable bonds is 4. The van der Waals surface area contributed by atoms with Gasteiger partial charge in [0.25, 0.3) is 0 Å². The molecule has 2 rings (SSSR count). The van der Waals surface area contributed by atoms with Gasteiger partial charge in [-0.15, -0.1) is 0 Å². The second-order valence-corrected chi connectivity index (χ2v) is 4.30. The molecule has 0 N–H and O–H groups in total. The van der Waals surface area contributed by atoms with Crippen LogP contribution in [0.15, 0.2) is 35.7 Å². The summed E-state index contributed by atoms with van der Waals surface area (Å²) in [5, 5.41) is 7.46. The molecule has 0 radical (unpaired) electrons. The van der Waals surface area contributed by atoms with Crippen molar-refractivity contribution in [2.45, 2.75) is 20.8 Å². The van der Waals surface area contributed by atoms with E-state index >= 15 is 0 Å². The number of hydrogen-bond acceptors (Lipinski definition) is 7. The van der Waals surface area contributed by atoms with E-state index in [0.29, 0.717) is 11.4 Å². The second-order valence-electron chi connectivity index (χ2n) is 4.30. The summed E-state index contributed by atoms with van der Waals surface area (Å²) in [7, 11) is 5.96. The Morgan fingerprint density at radius 2 is 1.88 bits per heavy atom. The van der Waals surface area contributed by atoms with Crippen molar-refractivity contribution in [3.05, 3.63) is 41.9 Å². The molecule has 2 aromatic rings. The van der Waals surface area contributed by atoms with Crippen molar-refractivity contribution in [1.82, 2.24) is 14.8 Å². The third-order valence-corrected chi connectivity index (χ3v) is 2.65. The average molecular weight is 350 g/mol. The molecular formula is C17H26N4O4. The highest BCUT2D eigenvalue weighted by atomic mass is 16.6. The normalized spacial score (nSPS) is 9.80. The fourth-order valence-corrected chi connectivity index (χ4v) is 1.60. The molecule has 0 saturated heterocycles. The lowest BCUT2D eigenvalue weighted by Gasteiger charge is -2.08. The van der Waals surface area contributed by atoms with Gasteiger partial charge in [0.2, 0.25) is 5.88 Å². The van der Waals surface area contributed by atoms with Gasteiger partial charge in [0.05, 0.1) is 19.8 Å². The zero-order valence-corrected chi connectivity index (χ0v) is 15.8. The molecular weight excluding hydrogens is 324 g/mol. The summed E-state index contributed by atoms with van der Waals surface area (Å²) in [6, 6.07) is 5.31. The molecule has 0 aliphatic heterocycles. The van der Waals surface area contributed by atoms with Crippen LogP contribution in [-0.2, 0) is 21.4 Å². The molecule has 8 nitrogen and oxygen atoms in total. The molecule has 0 fully saturated rings. The Morgan fingerprint density at radius 3 is 2.28 bits per heavy atom. The highest BCUT2D eigenvalue weighted by Crippen LogP contribution is 2.17. The third kappa shape index (κ3) is 7.47. The minimum Gasteiger partial charge on any atom is -0.480 e. The van der Waals surface area contributed by atoms with Gasteiger partial charge in [0.1, 0.15) is 7.11 Å². The molecule has 0 spiro atoms. The van der Waals surface area contributed by atoms with Crippen molar-refractivity contribution in [3.8, 4) is 5.88 Å². The van der Waals surface area contributed by atoms with E-state index in [0.717, 1.165) is 5.69 Å². The lowest BCUT2D eigenvalue weighted by molar-refractivity contribution is -0.132. The number of carbonyl (C=O) groups is 1. The standard InChI is InChI=1S/C11H14N2O4.C4H6N2.C2H6/c1-7-5-6-8(10(12-7)15-2)9(13-17-4)11(14)16-3;1-6-4-2-3-5-6;1-2/h5-6H,1-4H3;2-4H,1H3;1-2H3/b13-9-;;. The number of carbonyl (C=O) groups excluding carboxylic acids is 1. The summed E-state index contributed by atoms with van der Waals surface area (Å²) in [6.07, 6.45) is 3.64. The van der Waals surface area contributed by atoms with Gasteiger partial charge in [-0.05, 0) is 25.1 Å². The number of methoxy groups -OCH3 is 2. The highest BCUT2D eigenvalue weighted by Gasteiger charge is 2.20. The molecule has 8 heteroatoms. The summed E-state index contributed by atoms with van der Waals surface area (Å²) in [4.78, 5) is 20.3. The van der Waals surface area contributed by atoms with Gasteiger partial charge in [0.15, 0.2) is 5.71 Å². The van der Waals surface area contributed by atoms with Crippen LogP contribution in [0.4, 0.5) is 0 Å². The largest absolute Gasteiger partial charge is 0.480 e. The van der Waals surface area contributed by atoms with Gasteiger partial charge in [0, 0.05) is 25.1 Å². The topological polar surface area (TPSA) is 87.8 Å². The Balaban J connectivity index is 0.000000596. The molecule has 2 aromatic heterocycles. The van der Waals surface area contributed by atoms with E-state index in [4.69, 9.17) is 4.74 Å². The first kappa shape index (κ1) is 22.1. The molecule has 0 atom stereocenters. The quantitative estimate of drug-likeness (QED) is 0.478. The Morgan fingerprint density at radius 1 is 1.20 bits per heavy atom. The second kappa shape index (κ2) is 12.5. The minimum atomic E-state index is -0.615. The molecule has 0 aliphatic rings. The van der Waals surface area contributed by atoms with Crippen molar-refractivity contribution in [2.24, 2.45) is 12.2 Å². The summed E-state index contributed by atoms with van der Waals surface area (Å²) in [5.41, 5.74) is 1.21. The van der Waals surface area contributed by atoms with Crippen LogP contribution in [0.1, 0.15) is 25.1 Å². The number of aryl methyl sites for hydroxylation is 2. The summed E-state index contributed by atoms with van der Waals surface area (Å²) in [6.45, 7) is 5.82. The van der Waals surface area contributed by atoms with E-state index in [2.05, 4.69) is 24.8 Å². The SMILES string of the molecule is CC.CO/N=C(\C(=O)OC)c1ccc(C)nc1OC.Cn1cccn1. The van der Waals surface area contributed by atoms with E-state index in [9.17, 15) is 4.79 Å². The number of aromatic nitrogens is 3. The number of ether oxygens (including phenoxy) is 2. The fourth-order valence-electron chi connectivity index (χ4n) is 1.60. The van der Waals surface area contributed by atoms with Gasteiger partial charge >= 0.3 is 5.97 Å². The van der Waals surface area contributed by atoms with Crippen molar-refractivity contribution < 1.29 is 19.1 Å². The first-order chi connectivity index (χ1) is 12.0. The van der Waals surface area contributed by atoms with Gasteiger partial charge in [-0.25, -0.2) is 9.78 Å². The monoisotopic (exact) mass is 350 g/mol. The first-order valence-corrected chi connectivity index (χ1v) is 7.68. The van der Waals surface area contributed by atoms with Crippen LogP contribution < -0.4 is 4.74 Å². The van der Waals surface area contributed by atoms with E-state index in [-0.39, 0.29) is 5.71 Å². The maximum absolute atomic E-state index is 11.5. The van der Waals surface area contributed by atoms with Crippen molar-refractivity contribution >= 4 is 11.7 Å². The van der Waals surface area contributed by atoms with Crippen LogP contribution in [0, 0.1) is 6.92 Å². The Kier molecular flexibility index (Phi) is 11.1. The van der Waals surface area contributed by atoms with Crippen LogP contribution in [0.2, 0.25) is 0 Å². The maximum Gasteiger partial charge on any atom is 0.360 e. The molecule has 25 heavy (non-hydrogen) atoms. The van der Waals surface area contributed by atoms with Gasteiger partial charge < -0.3 is 14.3 Å². The highest BCUT2D eigenvalue weighted by molar-refractivity contribution is 6.43. The molecule has 0 saturated carbocycles. The van der Waals surface area contributed by atoms with Crippen molar-refractivity contribution in [2.75, 3.05) is 21.3 Å². The summed E-state index contributed by atoms with van der Waals surface area (Å²) >= 11 is 0. The Hall–Kier alpha value is -2.90. The van der Waals surface area contributed by atoms with Crippen LogP contribution in [0.5, 0.6) is 5.88 Å². The lowest BCUT2D eigenvalue weighted by Crippen LogP contribution is -2.19. The fraction of sp³-hybridized carbons (Fsp3) is 0.412. The molecule has 0 aliphatic carbocycles. The molecule has 2 heterocycles. The predicted octanol–water partition coefficient (Wildman–Crippen LogP) is 2.37. The predicted molar refractivity (Wildman–Crippen MR) is 95.6 cm³/mol. The number of pyridine rings is 1. The summed E-state index contributed by atoms with van der Waals surface area (Å²) in [5.74, 6) is -0.318. The third-order valence-electron chi connectivity index (χ3n) is 2.65. The smallest absolute Gasteiger partial charge is 0.360 e. The van der Waals surface area contributed by atoms with E-state index < -0.39 is 5.97 Å². The molecule has 0 amide bonds. The van der Waals surface area contributed by atoms with Crippen LogP contribution in [0.3, 0.4) is 0 Å². The molecule has 0 unspecified atom stereocenters. The van der Waals surface area contributed by atoms with Crippen molar-refractivity contribution in [1.29, 1.82) is 0 Å².